The van der Waals surface area contributed by atoms with Gasteiger partial charge in [0.05, 0.1) is 5.92 Å². The van der Waals surface area contributed by atoms with Crippen LogP contribution in [0.15, 0.2) is 24.3 Å². The minimum atomic E-state index is -0.275. The van der Waals surface area contributed by atoms with Gasteiger partial charge in [0.15, 0.2) is 0 Å². The van der Waals surface area contributed by atoms with E-state index in [2.05, 4.69) is 12.2 Å². The van der Waals surface area contributed by atoms with E-state index in [0.717, 1.165) is 12.1 Å². The van der Waals surface area contributed by atoms with Crippen molar-refractivity contribution in [2.24, 2.45) is 17.6 Å². The molecule has 0 spiro atoms. The Morgan fingerprint density at radius 1 is 1.39 bits per heavy atom. The molecule has 1 aliphatic heterocycles. The number of nitrogens with zero attached hydrogens (tertiary/aromatic N) is 1. The van der Waals surface area contributed by atoms with Crippen molar-refractivity contribution >= 4 is 29.9 Å². The molecule has 128 valence electrons. The first-order valence-electron chi connectivity index (χ1n) is 7.92. The number of nitrogens with two attached hydrogens (primary N) is 1. The number of aryl methyl sites for hydroxylation is 1. The van der Waals surface area contributed by atoms with Gasteiger partial charge in [0.2, 0.25) is 11.8 Å². The summed E-state index contributed by atoms with van der Waals surface area (Å²) in [6.07, 6.45) is 1.25. The second kappa shape index (κ2) is 8.89. The van der Waals surface area contributed by atoms with Crippen molar-refractivity contribution in [2.45, 2.75) is 26.7 Å². The summed E-state index contributed by atoms with van der Waals surface area (Å²) in [6.45, 7) is 5.64. The first-order valence-corrected chi connectivity index (χ1v) is 7.92. The highest BCUT2D eigenvalue weighted by molar-refractivity contribution is 6.00. The predicted octanol–water partition coefficient (Wildman–Crippen LogP) is 1.73. The molecule has 1 aromatic rings. The lowest BCUT2D eigenvalue weighted by atomic mass is 10.1. The fourth-order valence-electron chi connectivity index (χ4n) is 2.55. The van der Waals surface area contributed by atoms with Gasteiger partial charge in [-0.2, -0.15) is 0 Å². The van der Waals surface area contributed by atoms with Crippen molar-refractivity contribution in [3.05, 3.63) is 29.8 Å². The molecule has 2 amide bonds. The van der Waals surface area contributed by atoms with Crippen LogP contribution in [0, 0.1) is 11.8 Å². The van der Waals surface area contributed by atoms with Gasteiger partial charge < -0.3 is 16.0 Å². The average molecular weight is 340 g/mol. The Morgan fingerprint density at radius 2 is 2.04 bits per heavy atom. The van der Waals surface area contributed by atoms with E-state index in [1.54, 1.807) is 4.90 Å². The number of anilines is 1. The maximum atomic E-state index is 12.2. The predicted molar refractivity (Wildman–Crippen MR) is 94.8 cm³/mol. The summed E-state index contributed by atoms with van der Waals surface area (Å²) in [6, 6.07) is 7.96. The summed E-state index contributed by atoms with van der Waals surface area (Å²) >= 11 is 0. The fourth-order valence-corrected chi connectivity index (χ4v) is 2.55. The van der Waals surface area contributed by atoms with Crippen LogP contribution in [0.4, 0.5) is 5.69 Å². The maximum absolute atomic E-state index is 12.2. The molecule has 2 unspecified atom stereocenters. The second-order valence-electron chi connectivity index (χ2n) is 6.01. The summed E-state index contributed by atoms with van der Waals surface area (Å²) in [5, 5.41) is 2.89. The van der Waals surface area contributed by atoms with Crippen molar-refractivity contribution in [3.8, 4) is 0 Å². The van der Waals surface area contributed by atoms with Gasteiger partial charge in [0, 0.05) is 25.2 Å². The third-order valence-corrected chi connectivity index (χ3v) is 4.18. The molecular formula is C17H26ClN3O2. The molecule has 1 heterocycles. The molecule has 0 radical (unpaired) electrons. The minimum absolute atomic E-state index is 0. The summed E-state index contributed by atoms with van der Waals surface area (Å²) in [7, 11) is 0. The summed E-state index contributed by atoms with van der Waals surface area (Å²) in [4.78, 5) is 26.0. The number of carbonyl (C=O) groups is 2. The molecule has 0 aliphatic carbocycles. The molecule has 0 aromatic heterocycles. The Balaban J connectivity index is 0.00000264. The van der Waals surface area contributed by atoms with Gasteiger partial charge in [-0.1, -0.05) is 26.0 Å². The van der Waals surface area contributed by atoms with E-state index < -0.39 is 0 Å². The van der Waals surface area contributed by atoms with Crippen LogP contribution in [0.5, 0.6) is 0 Å². The lowest BCUT2D eigenvalue weighted by molar-refractivity contribution is -0.126. The van der Waals surface area contributed by atoms with Crippen molar-refractivity contribution in [3.63, 3.8) is 0 Å². The van der Waals surface area contributed by atoms with Gasteiger partial charge in [0.25, 0.3) is 0 Å². The van der Waals surface area contributed by atoms with E-state index >= 15 is 0 Å². The number of hydrogen-bond donors (Lipinski definition) is 2. The van der Waals surface area contributed by atoms with E-state index in [0.29, 0.717) is 19.6 Å². The van der Waals surface area contributed by atoms with Crippen molar-refractivity contribution < 1.29 is 9.59 Å². The van der Waals surface area contributed by atoms with Crippen LogP contribution in [0.3, 0.4) is 0 Å². The molecule has 0 saturated carbocycles. The number of carbonyl (C=O) groups excluding carboxylic acids is 2. The molecule has 6 heteroatoms. The zero-order chi connectivity index (χ0) is 16.1. The topological polar surface area (TPSA) is 75.4 Å². The highest BCUT2D eigenvalue weighted by Crippen LogP contribution is 2.25. The van der Waals surface area contributed by atoms with Crippen molar-refractivity contribution in [2.75, 3.05) is 24.5 Å². The van der Waals surface area contributed by atoms with Crippen LogP contribution >= 0.6 is 12.4 Å². The van der Waals surface area contributed by atoms with Gasteiger partial charge in [-0.05, 0) is 36.6 Å². The fraction of sp³-hybridized carbons (Fsp3) is 0.529. The maximum Gasteiger partial charge on any atom is 0.227 e. The number of nitrogens with one attached hydrogen (secondary N) is 1. The minimum Gasteiger partial charge on any atom is -0.355 e. The monoisotopic (exact) mass is 339 g/mol. The normalized spacial score (nSPS) is 18.5. The first kappa shape index (κ1) is 19.5. The van der Waals surface area contributed by atoms with Crippen molar-refractivity contribution in [1.29, 1.82) is 0 Å². The van der Waals surface area contributed by atoms with E-state index in [1.807, 2.05) is 31.2 Å². The van der Waals surface area contributed by atoms with Crippen LogP contribution in [0.2, 0.25) is 0 Å². The van der Waals surface area contributed by atoms with Gasteiger partial charge in [0.1, 0.15) is 0 Å². The van der Waals surface area contributed by atoms with Crippen molar-refractivity contribution in [1.82, 2.24) is 5.32 Å². The number of hydrogen-bond acceptors (Lipinski definition) is 3. The van der Waals surface area contributed by atoms with Crippen LogP contribution in [-0.4, -0.2) is 31.4 Å². The highest BCUT2D eigenvalue weighted by atomic mass is 35.5. The molecule has 1 aromatic carbocycles. The van der Waals surface area contributed by atoms with Gasteiger partial charge in [-0.3, -0.25) is 9.59 Å². The smallest absolute Gasteiger partial charge is 0.227 e. The Labute approximate surface area is 144 Å². The first-order chi connectivity index (χ1) is 10.5. The zero-order valence-electron chi connectivity index (χ0n) is 13.7. The third-order valence-electron chi connectivity index (χ3n) is 4.18. The lowest BCUT2D eigenvalue weighted by Crippen LogP contribution is -2.36. The SMILES string of the molecule is CCc1ccc(N2CC(C(=O)NCC(C)CN)CC2=O)cc1.Cl. The van der Waals surface area contributed by atoms with Crippen LogP contribution < -0.4 is 16.0 Å². The quantitative estimate of drug-likeness (QED) is 0.828. The molecule has 0 bridgehead atoms. The average Bonchev–Trinajstić information content (AvgIpc) is 2.94. The number of amides is 2. The van der Waals surface area contributed by atoms with E-state index in [-0.39, 0.29) is 42.5 Å². The molecule has 1 fully saturated rings. The molecule has 5 nitrogen and oxygen atoms in total. The van der Waals surface area contributed by atoms with Crippen LogP contribution in [0.25, 0.3) is 0 Å². The summed E-state index contributed by atoms with van der Waals surface area (Å²) in [5.74, 6) is -0.0697. The standard InChI is InChI=1S/C17H25N3O2.ClH/c1-3-13-4-6-15(7-5-13)20-11-14(8-16(20)21)17(22)19-10-12(2)9-18;/h4-7,12,14H,3,8-11,18H2,1-2H3,(H,19,22);1H. The van der Waals surface area contributed by atoms with Gasteiger partial charge >= 0.3 is 0 Å². The molecule has 1 saturated heterocycles. The largest absolute Gasteiger partial charge is 0.355 e. The van der Waals surface area contributed by atoms with Crippen LogP contribution in [-0.2, 0) is 16.0 Å². The zero-order valence-corrected chi connectivity index (χ0v) is 14.6. The third kappa shape index (κ3) is 4.94. The molecule has 1 aliphatic rings. The van der Waals surface area contributed by atoms with Gasteiger partial charge in [-0.25, -0.2) is 0 Å². The number of halogens is 1. The highest BCUT2D eigenvalue weighted by Gasteiger charge is 2.34. The molecule has 3 N–H and O–H groups in total. The Morgan fingerprint density at radius 3 is 2.61 bits per heavy atom. The molecular weight excluding hydrogens is 314 g/mol. The summed E-state index contributed by atoms with van der Waals surface area (Å²) < 4.78 is 0. The Hall–Kier alpha value is -1.59. The number of rotatable bonds is 6. The molecule has 2 atom stereocenters. The molecule has 23 heavy (non-hydrogen) atoms. The molecule has 2 rings (SSSR count). The van der Waals surface area contributed by atoms with Crippen LogP contribution in [0.1, 0.15) is 25.8 Å². The van der Waals surface area contributed by atoms with E-state index in [1.165, 1.54) is 5.56 Å². The summed E-state index contributed by atoms with van der Waals surface area (Å²) in [5.41, 5.74) is 7.65. The number of benzene rings is 1. The van der Waals surface area contributed by atoms with E-state index in [4.69, 9.17) is 5.73 Å². The second-order valence-corrected chi connectivity index (χ2v) is 6.01. The van der Waals surface area contributed by atoms with Gasteiger partial charge in [-0.15, -0.1) is 12.4 Å². The Bertz CT molecular complexity index is 533. The lowest BCUT2D eigenvalue weighted by Gasteiger charge is -2.17. The Kier molecular flexibility index (Phi) is 7.52. The van der Waals surface area contributed by atoms with E-state index in [9.17, 15) is 9.59 Å².